The Morgan fingerprint density at radius 3 is 2.21 bits per heavy atom. The normalized spacial score (nSPS) is 40.0. The number of nitrogens with zero attached hydrogens (tertiary/aromatic N) is 2. The standard InChI is InChI=1S/C16H25N3/c1-3-19-15(17)9(2)18-16(19)14-12-5-10-4-11(7-12)8-13(14)6-10/h10-14H,3-8,17H2,1-2H3. The number of nitrogen functional groups attached to an aromatic ring is 1. The van der Waals surface area contributed by atoms with Crippen LogP contribution in [0.3, 0.4) is 0 Å². The number of rotatable bonds is 2. The van der Waals surface area contributed by atoms with Gasteiger partial charge in [-0.3, -0.25) is 0 Å². The Morgan fingerprint density at radius 1 is 1.11 bits per heavy atom. The van der Waals surface area contributed by atoms with E-state index in [9.17, 15) is 0 Å². The highest BCUT2D eigenvalue weighted by atomic mass is 15.1. The number of hydrogen-bond acceptors (Lipinski definition) is 2. The fraction of sp³-hybridized carbons (Fsp3) is 0.812. The number of anilines is 1. The van der Waals surface area contributed by atoms with Crippen LogP contribution in [0.1, 0.15) is 56.5 Å². The van der Waals surface area contributed by atoms with E-state index in [0.29, 0.717) is 5.92 Å². The average Bonchev–Trinajstić information content (AvgIpc) is 2.64. The van der Waals surface area contributed by atoms with Gasteiger partial charge in [-0.2, -0.15) is 0 Å². The molecule has 0 aromatic carbocycles. The molecule has 0 amide bonds. The molecule has 0 atom stereocenters. The van der Waals surface area contributed by atoms with Crippen LogP contribution in [0.2, 0.25) is 0 Å². The second kappa shape index (κ2) is 4.00. The van der Waals surface area contributed by atoms with Crippen molar-refractivity contribution in [1.82, 2.24) is 9.55 Å². The first kappa shape index (κ1) is 11.8. The van der Waals surface area contributed by atoms with E-state index >= 15 is 0 Å². The molecule has 3 nitrogen and oxygen atoms in total. The van der Waals surface area contributed by atoms with Crippen molar-refractivity contribution < 1.29 is 0 Å². The van der Waals surface area contributed by atoms with Gasteiger partial charge in [0, 0.05) is 12.5 Å². The van der Waals surface area contributed by atoms with Crippen LogP contribution >= 0.6 is 0 Å². The number of hydrogen-bond donors (Lipinski definition) is 1. The Labute approximate surface area is 115 Å². The van der Waals surface area contributed by atoms with Gasteiger partial charge in [-0.15, -0.1) is 0 Å². The van der Waals surface area contributed by atoms with Crippen LogP contribution in [0.5, 0.6) is 0 Å². The van der Waals surface area contributed by atoms with Crippen LogP contribution < -0.4 is 5.73 Å². The van der Waals surface area contributed by atoms with Crippen molar-refractivity contribution in [2.24, 2.45) is 23.7 Å². The molecule has 0 unspecified atom stereocenters. The monoisotopic (exact) mass is 259 g/mol. The van der Waals surface area contributed by atoms with Crippen LogP contribution in [0.4, 0.5) is 5.82 Å². The van der Waals surface area contributed by atoms with Gasteiger partial charge in [0.15, 0.2) is 0 Å². The number of nitrogens with two attached hydrogens (primary N) is 1. The van der Waals surface area contributed by atoms with Crippen LogP contribution in [0.25, 0.3) is 0 Å². The van der Waals surface area contributed by atoms with Crippen LogP contribution in [0, 0.1) is 30.6 Å². The number of aryl methyl sites for hydroxylation is 1. The first-order valence-electron chi connectivity index (χ1n) is 7.99. The minimum Gasteiger partial charge on any atom is -0.384 e. The highest BCUT2D eigenvalue weighted by molar-refractivity contribution is 5.38. The minimum absolute atomic E-state index is 0.698. The summed E-state index contributed by atoms with van der Waals surface area (Å²) < 4.78 is 2.28. The van der Waals surface area contributed by atoms with E-state index in [4.69, 9.17) is 10.7 Å². The van der Waals surface area contributed by atoms with Crippen LogP contribution in [-0.4, -0.2) is 9.55 Å². The third-order valence-electron chi connectivity index (χ3n) is 6.06. The van der Waals surface area contributed by atoms with Gasteiger partial charge < -0.3 is 10.3 Å². The molecular formula is C16H25N3. The Hall–Kier alpha value is -0.990. The molecule has 0 saturated heterocycles. The lowest BCUT2D eigenvalue weighted by Crippen LogP contribution is -2.44. The predicted octanol–water partition coefficient (Wildman–Crippen LogP) is 3.33. The molecular weight excluding hydrogens is 234 g/mol. The summed E-state index contributed by atoms with van der Waals surface area (Å²) in [6.45, 7) is 5.21. The molecule has 3 heteroatoms. The van der Waals surface area contributed by atoms with Crippen molar-refractivity contribution in [2.75, 3.05) is 5.73 Å². The van der Waals surface area contributed by atoms with Gasteiger partial charge in [0.1, 0.15) is 11.6 Å². The molecule has 4 aliphatic rings. The molecule has 1 aromatic heterocycles. The molecule has 19 heavy (non-hydrogen) atoms. The van der Waals surface area contributed by atoms with Crippen molar-refractivity contribution in [3.8, 4) is 0 Å². The first-order chi connectivity index (χ1) is 9.17. The van der Waals surface area contributed by atoms with Crippen molar-refractivity contribution >= 4 is 5.82 Å². The number of imidazole rings is 1. The molecule has 1 aromatic rings. The van der Waals surface area contributed by atoms with E-state index in [0.717, 1.165) is 41.7 Å². The first-order valence-corrected chi connectivity index (χ1v) is 7.99. The largest absolute Gasteiger partial charge is 0.384 e. The zero-order chi connectivity index (χ0) is 13.1. The Balaban J connectivity index is 1.75. The summed E-state index contributed by atoms with van der Waals surface area (Å²) in [6, 6.07) is 0. The van der Waals surface area contributed by atoms with Crippen LogP contribution in [-0.2, 0) is 6.54 Å². The smallest absolute Gasteiger partial charge is 0.126 e. The molecule has 0 spiro atoms. The molecule has 104 valence electrons. The summed E-state index contributed by atoms with van der Waals surface area (Å²) >= 11 is 0. The van der Waals surface area contributed by atoms with E-state index in [1.807, 2.05) is 0 Å². The van der Waals surface area contributed by atoms with Gasteiger partial charge >= 0.3 is 0 Å². The third-order valence-corrected chi connectivity index (χ3v) is 6.06. The lowest BCUT2D eigenvalue weighted by atomic mass is 9.51. The van der Waals surface area contributed by atoms with Gasteiger partial charge in [0.2, 0.25) is 0 Å². The summed E-state index contributed by atoms with van der Waals surface area (Å²) in [5.74, 6) is 6.75. The lowest BCUT2D eigenvalue weighted by molar-refractivity contribution is -0.00665. The van der Waals surface area contributed by atoms with Crippen molar-refractivity contribution in [2.45, 2.75) is 58.4 Å². The maximum atomic E-state index is 6.21. The number of aromatic nitrogens is 2. The van der Waals surface area contributed by atoms with Gasteiger partial charge in [0.25, 0.3) is 0 Å². The van der Waals surface area contributed by atoms with Gasteiger partial charge in [-0.1, -0.05) is 0 Å². The molecule has 1 heterocycles. The van der Waals surface area contributed by atoms with E-state index in [2.05, 4.69) is 18.4 Å². The summed E-state index contributed by atoms with van der Waals surface area (Å²) in [4.78, 5) is 4.87. The Bertz CT molecular complexity index is 474. The Morgan fingerprint density at radius 2 is 1.68 bits per heavy atom. The van der Waals surface area contributed by atoms with Crippen molar-refractivity contribution in [3.63, 3.8) is 0 Å². The van der Waals surface area contributed by atoms with Crippen LogP contribution in [0.15, 0.2) is 0 Å². The van der Waals surface area contributed by atoms with Crippen molar-refractivity contribution in [3.05, 3.63) is 11.5 Å². The van der Waals surface area contributed by atoms with E-state index in [1.54, 1.807) is 0 Å². The molecule has 4 fully saturated rings. The quantitative estimate of drug-likeness (QED) is 0.885. The molecule has 0 aliphatic heterocycles. The molecule has 4 aliphatic carbocycles. The SMILES string of the molecule is CCn1c(C2C3CC4CC(C3)CC2C4)nc(C)c1N. The summed E-state index contributed by atoms with van der Waals surface area (Å²) in [5, 5.41) is 0. The summed E-state index contributed by atoms with van der Waals surface area (Å²) in [5.41, 5.74) is 7.24. The minimum atomic E-state index is 0.698. The second-order valence-electron chi connectivity index (χ2n) is 7.14. The molecule has 4 bridgehead atoms. The zero-order valence-corrected chi connectivity index (χ0v) is 12.1. The Kier molecular flexibility index (Phi) is 2.49. The third kappa shape index (κ3) is 1.60. The van der Waals surface area contributed by atoms with Crippen molar-refractivity contribution in [1.29, 1.82) is 0 Å². The maximum Gasteiger partial charge on any atom is 0.126 e. The highest BCUT2D eigenvalue weighted by Crippen LogP contribution is 2.59. The second-order valence-corrected chi connectivity index (χ2v) is 7.14. The fourth-order valence-corrected chi connectivity index (χ4v) is 5.54. The molecule has 4 saturated carbocycles. The summed E-state index contributed by atoms with van der Waals surface area (Å²) in [6.07, 6.45) is 7.32. The van der Waals surface area contributed by atoms with Gasteiger partial charge in [-0.05, 0) is 69.6 Å². The topological polar surface area (TPSA) is 43.8 Å². The predicted molar refractivity (Wildman–Crippen MR) is 76.8 cm³/mol. The maximum absolute atomic E-state index is 6.21. The summed E-state index contributed by atoms with van der Waals surface area (Å²) in [7, 11) is 0. The average molecular weight is 259 g/mol. The van der Waals surface area contributed by atoms with Gasteiger partial charge in [0.05, 0.1) is 5.69 Å². The van der Waals surface area contributed by atoms with E-state index in [1.165, 1.54) is 37.9 Å². The molecule has 2 N–H and O–H groups in total. The lowest BCUT2D eigenvalue weighted by Gasteiger charge is -2.54. The fourth-order valence-electron chi connectivity index (χ4n) is 5.54. The zero-order valence-electron chi connectivity index (χ0n) is 12.1. The highest BCUT2D eigenvalue weighted by Gasteiger charge is 2.50. The van der Waals surface area contributed by atoms with Gasteiger partial charge in [-0.25, -0.2) is 4.98 Å². The molecule has 5 rings (SSSR count). The van der Waals surface area contributed by atoms with E-state index < -0.39 is 0 Å². The van der Waals surface area contributed by atoms with E-state index in [-0.39, 0.29) is 0 Å². The molecule has 0 radical (unpaired) electrons.